The summed E-state index contributed by atoms with van der Waals surface area (Å²) >= 11 is 0. The van der Waals surface area contributed by atoms with Crippen molar-refractivity contribution < 1.29 is 9.84 Å². The zero-order valence-electron chi connectivity index (χ0n) is 12.9. The van der Waals surface area contributed by atoms with Crippen LogP contribution in [0.3, 0.4) is 0 Å². The van der Waals surface area contributed by atoms with Crippen molar-refractivity contribution in [2.45, 2.75) is 53.1 Å². The second-order valence-corrected chi connectivity index (χ2v) is 6.00. The quantitative estimate of drug-likeness (QED) is 0.761. The molecule has 0 unspecified atom stereocenters. The third-order valence-electron chi connectivity index (χ3n) is 3.44. The summed E-state index contributed by atoms with van der Waals surface area (Å²) in [7, 11) is 0. The van der Waals surface area contributed by atoms with Gasteiger partial charge < -0.3 is 9.84 Å². The number of nitriles is 1. The maximum absolute atomic E-state index is 9.52. The Morgan fingerprint density at radius 1 is 1.35 bits per heavy atom. The average molecular weight is 275 g/mol. The standard InChI is InChI=1S/C17H25NO2/c1-13-11-15(14(2)19)7-8-16(13)20-10-6-5-9-17(3,4)12-18/h7-8,11,14,19H,5-6,9-10H2,1-4H3/t14-/m0/s1. The molecule has 1 rings (SSSR count). The molecule has 1 N–H and O–H groups in total. The summed E-state index contributed by atoms with van der Waals surface area (Å²) in [6, 6.07) is 8.08. The minimum absolute atomic E-state index is 0.241. The predicted octanol–water partition coefficient (Wildman–Crippen LogP) is 4.15. The Morgan fingerprint density at radius 2 is 2.05 bits per heavy atom. The molecule has 110 valence electrons. The molecule has 1 atom stereocenters. The number of nitrogens with zero attached hydrogens (tertiary/aromatic N) is 1. The van der Waals surface area contributed by atoms with Crippen LogP contribution in [0, 0.1) is 23.7 Å². The lowest BCUT2D eigenvalue weighted by Gasteiger charge is -2.15. The van der Waals surface area contributed by atoms with E-state index in [4.69, 9.17) is 10.00 Å². The maximum Gasteiger partial charge on any atom is 0.122 e. The number of ether oxygens (including phenoxy) is 1. The van der Waals surface area contributed by atoms with Gasteiger partial charge in [-0.3, -0.25) is 0 Å². The van der Waals surface area contributed by atoms with Crippen LogP contribution in [0.5, 0.6) is 5.75 Å². The van der Waals surface area contributed by atoms with Crippen molar-refractivity contribution in [3.05, 3.63) is 29.3 Å². The highest BCUT2D eigenvalue weighted by atomic mass is 16.5. The number of rotatable bonds is 7. The van der Waals surface area contributed by atoms with Crippen LogP contribution in [0.1, 0.15) is 57.3 Å². The van der Waals surface area contributed by atoms with Gasteiger partial charge in [0, 0.05) is 0 Å². The van der Waals surface area contributed by atoms with Gasteiger partial charge in [-0.2, -0.15) is 5.26 Å². The highest BCUT2D eigenvalue weighted by Crippen LogP contribution is 2.24. The van der Waals surface area contributed by atoms with Crippen molar-refractivity contribution in [1.29, 1.82) is 5.26 Å². The van der Waals surface area contributed by atoms with Crippen LogP contribution in [0.4, 0.5) is 0 Å². The first kappa shape index (κ1) is 16.5. The molecule has 0 aliphatic carbocycles. The number of aliphatic hydroxyl groups is 1. The molecule has 0 aromatic heterocycles. The van der Waals surface area contributed by atoms with E-state index in [1.54, 1.807) is 6.92 Å². The molecule has 0 radical (unpaired) electrons. The van der Waals surface area contributed by atoms with Crippen LogP contribution < -0.4 is 4.74 Å². The predicted molar refractivity (Wildman–Crippen MR) is 80.6 cm³/mol. The van der Waals surface area contributed by atoms with Gasteiger partial charge >= 0.3 is 0 Å². The van der Waals surface area contributed by atoms with Crippen molar-refractivity contribution >= 4 is 0 Å². The molecule has 3 nitrogen and oxygen atoms in total. The van der Waals surface area contributed by atoms with Gasteiger partial charge in [0.2, 0.25) is 0 Å². The second-order valence-electron chi connectivity index (χ2n) is 6.00. The van der Waals surface area contributed by atoms with E-state index in [0.29, 0.717) is 6.61 Å². The number of aliphatic hydroxyl groups excluding tert-OH is 1. The zero-order valence-corrected chi connectivity index (χ0v) is 12.9. The Balaban J connectivity index is 2.38. The van der Waals surface area contributed by atoms with Gasteiger partial charge in [0.15, 0.2) is 0 Å². The van der Waals surface area contributed by atoms with E-state index < -0.39 is 6.10 Å². The molecule has 0 saturated carbocycles. The smallest absolute Gasteiger partial charge is 0.122 e. The van der Waals surface area contributed by atoms with E-state index in [1.807, 2.05) is 39.0 Å². The molecule has 0 aliphatic rings. The summed E-state index contributed by atoms with van der Waals surface area (Å²) < 4.78 is 5.76. The van der Waals surface area contributed by atoms with E-state index >= 15 is 0 Å². The summed E-state index contributed by atoms with van der Waals surface area (Å²) in [6.45, 7) is 8.34. The molecule has 20 heavy (non-hydrogen) atoms. The van der Waals surface area contributed by atoms with E-state index in [-0.39, 0.29) is 5.41 Å². The van der Waals surface area contributed by atoms with Gasteiger partial charge in [-0.1, -0.05) is 6.07 Å². The van der Waals surface area contributed by atoms with E-state index in [1.165, 1.54) is 0 Å². The monoisotopic (exact) mass is 275 g/mol. The first-order valence-corrected chi connectivity index (χ1v) is 7.18. The van der Waals surface area contributed by atoms with Crippen molar-refractivity contribution in [1.82, 2.24) is 0 Å². The van der Waals surface area contributed by atoms with Crippen molar-refractivity contribution in [2.75, 3.05) is 6.61 Å². The van der Waals surface area contributed by atoms with Gasteiger partial charge in [-0.25, -0.2) is 0 Å². The number of unbranched alkanes of at least 4 members (excludes halogenated alkanes) is 1. The van der Waals surface area contributed by atoms with Gasteiger partial charge in [0.1, 0.15) is 5.75 Å². The minimum Gasteiger partial charge on any atom is -0.493 e. The fourth-order valence-electron chi connectivity index (χ4n) is 2.00. The van der Waals surface area contributed by atoms with Gasteiger partial charge in [0.25, 0.3) is 0 Å². The highest BCUT2D eigenvalue weighted by molar-refractivity contribution is 5.36. The van der Waals surface area contributed by atoms with Gasteiger partial charge in [-0.05, 0) is 70.2 Å². The molecule has 0 aliphatic heterocycles. The minimum atomic E-state index is -0.448. The third-order valence-corrected chi connectivity index (χ3v) is 3.44. The normalized spacial score (nSPS) is 12.8. The summed E-state index contributed by atoms with van der Waals surface area (Å²) in [4.78, 5) is 0. The van der Waals surface area contributed by atoms with Crippen LogP contribution >= 0.6 is 0 Å². The first-order valence-electron chi connectivity index (χ1n) is 7.18. The lowest BCUT2D eigenvalue weighted by atomic mass is 9.89. The Hall–Kier alpha value is -1.53. The Bertz CT molecular complexity index is 472. The summed E-state index contributed by atoms with van der Waals surface area (Å²) in [5.41, 5.74) is 1.71. The third kappa shape index (κ3) is 5.22. The van der Waals surface area contributed by atoms with E-state index in [9.17, 15) is 5.11 Å². The number of hydrogen-bond donors (Lipinski definition) is 1. The molecule has 0 fully saturated rings. The van der Waals surface area contributed by atoms with Crippen molar-refractivity contribution in [2.24, 2.45) is 5.41 Å². The lowest BCUT2D eigenvalue weighted by Crippen LogP contribution is -2.08. The average Bonchev–Trinajstić information content (AvgIpc) is 2.39. The molecule has 0 amide bonds. The fraction of sp³-hybridized carbons (Fsp3) is 0.588. The molecular weight excluding hydrogens is 250 g/mol. The molecular formula is C17H25NO2. The second kappa shape index (κ2) is 7.31. The molecule has 0 saturated heterocycles. The number of hydrogen-bond acceptors (Lipinski definition) is 3. The fourth-order valence-corrected chi connectivity index (χ4v) is 2.00. The number of aryl methyl sites for hydroxylation is 1. The summed E-state index contributed by atoms with van der Waals surface area (Å²) in [6.07, 6.45) is 2.39. The van der Waals surface area contributed by atoms with Crippen LogP contribution in [-0.2, 0) is 0 Å². The van der Waals surface area contributed by atoms with Crippen molar-refractivity contribution in [3.63, 3.8) is 0 Å². The van der Waals surface area contributed by atoms with E-state index in [0.717, 1.165) is 36.1 Å². The molecule has 0 spiro atoms. The van der Waals surface area contributed by atoms with E-state index in [2.05, 4.69) is 6.07 Å². The number of benzene rings is 1. The Morgan fingerprint density at radius 3 is 2.60 bits per heavy atom. The Labute approximate surface area is 122 Å². The van der Waals surface area contributed by atoms with Crippen molar-refractivity contribution in [3.8, 4) is 11.8 Å². The molecule has 0 heterocycles. The SMILES string of the molecule is Cc1cc([C@H](C)O)ccc1OCCCCC(C)(C)C#N. The molecule has 0 bridgehead atoms. The molecule has 1 aromatic rings. The van der Waals surface area contributed by atoms with Crippen LogP contribution in [0.15, 0.2) is 18.2 Å². The molecule has 3 heteroatoms. The topological polar surface area (TPSA) is 53.2 Å². The summed E-state index contributed by atoms with van der Waals surface area (Å²) in [5, 5.41) is 18.5. The highest BCUT2D eigenvalue weighted by Gasteiger charge is 2.15. The summed E-state index contributed by atoms with van der Waals surface area (Å²) in [5.74, 6) is 0.869. The first-order chi connectivity index (χ1) is 9.35. The van der Waals surface area contributed by atoms with Gasteiger partial charge in [-0.15, -0.1) is 0 Å². The molecule has 1 aromatic carbocycles. The zero-order chi connectivity index (χ0) is 15.2. The van der Waals surface area contributed by atoms with Crippen LogP contribution in [-0.4, -0.2) is 11.7 Å². The maximum atomic E-state index is 9.52. The largest absolute Gasteiger partial charge is 0.493 e. The van der Waals surface area contributed by atoms with Crippen LogP contribution in [0.25, 0.3) is 0 Å². The Kier molecular flexibility index (Phi) is 6.04. The van der Waals surface area contributed by atoms with Gasteiger partial charge in [0.05, 0.1) is 24.2 Å². The van der Waals surface area contributed by atoms with Crippen LogP contribution in [0.2, 0.25) is 0 Å². The lowest BCUT2D eigenvalue weighted by molar-refractivity contribution is 0.199.